The Hall–Kier alpha value is -1.03. The van der Waals surface area contributed by atoms with Gasteiger partial charge in [0.1, 0.15) is 0 Å². The highest BCUT2D eigenvalue weighted by Crippen LogP contribution is 2.23. The average molecular weight is 365 g/mol. The van der Waals surface area contributed by atoms with Crippen LogP contribution in [0.3, 0.4) is 0 Å². The Kier molecular flexibility index (Phi) is 5.25. The molecule has 0 aliphatic carbocycles. The van der Waals surface area contributed by atoms with E-state index in [0.717, 1.165) is 6.42 Å². The van der Waals surface area contributed by atoms with E-state index in [-0.39, 0.29) is 0 Å². The van der Waals surface area contributed by atoms with Crippen molar-refractivity contribution in [3.8, 4) is 0 Å². The molecule has 0 spiro atoms. The van der Waals surface area contributed by atoms with Crippen LogP contribution >= 0.6 is 22.6 Å². The number of halogens is 1. The van der Waals surface area contributed by atoms with E-state index in [2.05, 4.69) is 90.3 Å². The van der Waals surface area contributed by atoms with Gasteiger partial charge in [0.25, 0.3) is 0 Å². The molecule has 1 unspecified atom stereocenters. The van der Waals surface area contributed by atoms with E-state index in [1.807, 2.05) is 0 Å². The number of nitrogens with one attached hydrogen (secondary N) is 1. The van der Waals surface area contributed by atoms with Crippen molar-refractivity contribution < 1.29 is 0 Å². The summed E-state index contributed by atoms with van der Waals surface area (Å²) in [6, 6.07) is 17.6. The molecule has 2 heteroatoms. The molecular formula is C17H20IN. The number of anilines is 1. The third kappa shape index (κ3) is 3.96. The zero-order chi connectivity index (χ0) is 13.7. The summed E-state index contributed by atoms with van der Waals surface area (Å²) in [5.41, 5.74) is 3.99. The van der Waals surface area contributed by atoms with Crippen molar-refractivity contribution in [2.45, 2.75) is 32.7 Å². The molecule has 0 amide bonds. The lowest BCUT2D eigenvalue weighted by atomic mass is 10.0. The number of rotatable bonds is 5. The third-order valence-electron chi connectivity index (χ3n) is 3.28. The van der Waals surface area contributed by atoms with Gasteiger partial charge in [-0.3, -0.25) is 0 Å². The number of aryl methyl sites for hydroxylation is 1. The van der Waals surface area contributed by atoms with Crippen molar-refractivity contribution in [3.05, 3.63) is 63.2 Å². The molecular weight excluding hydrogens is 345 g/mol. The molecule has 0 saturated carbocycles. The molecule has 1 nitrogen and oxygen atoms in total. The van der Waals surface area contributed by atoms with E-state index in [1.54, 1.807) is 0 Å². The fraction of sp³-hybridized carbons (Fsp3) is 0.294. The molecule has 0 aliphatic heterocycles. The first-order chi connectivity index (χ1) is 9.20. The van der Waals surface area contributed by atoms with Gasteiger partial charge >= 0.3 is 0 Å². The molecule has 0 radical (unpaired) electrons. The van der Waals surface area contributed by atoms with Crippen LogP contribution in [0, 0.1) is 3.57 Å². The molecule has 100 valence electrons. The van der Waals surface area contributed by atoms with Gasteiger partial charge in [-0.2, -0.15) is 0 Å². The molecule has 1 atom stereocenters. The number of para-hydroxylation sites is 1. The molecule has 0 aliphatic rings. The van der Waals surface area contributed by atoms with Gasteiger partial charge in [0.15, 0.2) is 0 Å². The Morgan fingerprint density at radius 3 is 2.42 bits per heavy atom. The van der Waals surface area contributed by atoms with Crippen LogP contribution < -0.4 is 5.32 Å². The van der Waals surface area contributed by atoms with Crippen LogP contribution in [0.15, 0.2) is 48.5 Å². The van der Waals surface area contributed by atoms with Crippen LogP contribution in [0.2, 0.25) is 0 Å². The minimum Gasteiger partial charge on any atom is -0.378 e. The minimum absolute atomic E-state index is 0.329. The highest BCUT2D eigenvalue weighted by molar-refractivity contribution is 14.1. The SMILES string of the molecule is CCCc1ccccc1NC(C)c1ccc(I)cc1. The first-order valence-corrected chi connectivity index (χ1v) is 7.88. The van der Waals surface area contributed by atoms with Gasteiger partial charge < -0.3 is 5.32 Å². The topological polar surface area (TPSA) is 12.0 Å². The predicted octanol–water partition coefficient (Wildman–Crippen LogP) is 5.42. The summed E-state index contributed by atoms with van der Waals surface area (Å²) in [5.74, 6) is 0. The van der Waals surface area contributed by atoms with E-state index in [4.69, 9.17) is 0 Å². The summed E-state index contributed by atoms with van der Waals surface area (Å²) in [6.07, 6.45) is 2.30. The maximum Gasteiger partial charge on any atom is 0.0485 e. The maximum atomic E-state index is 3.63. The summed E-state index contributed by atoms with van der Waals surface area (Å²) >= 11 is 2.34. The molecule has 0 bridgehead atoms. The van der Waals surface area contributed by atoms with Crippen molar-refractivity contribution >= 4 is 28.3 Å². The number of hydrogen-bond donors (Lipinski definition) is 1. The first-order valence-electron chi connectivity index (χ1n) is 6.80. The number of hydrogen-bond acceptors (Lipinski definition) is 1. The van der Waals surface area contributed by atoms with E-state index in [1.165, 1.54) is 26.8 Å². The van der Waals surface area contributed by atoms with Gasteiger partial charge in [0.05, 0.1) is 0 Å². The van der Waals surface area contributed by atoms with Crippen molar-refractivity contribution in [1.82, 2.24) is 0 Å². The second kappa shape index (κ2) is 6.94. The van der Waals surface area contributed by atoms with Crippen LogP contribution in [0.1, 0.15) is 37.4 Å². The molecule has 1 N–H and O–H groups in total. The summed E-state index contributed by atoms with van der Waals surface area (Å²) in [7, 11) is 0. The highest BCUT2D eigenvalue weighted by atomic mass is 127. The average Bonchev–Trinajstić information content (AvgIpc) is 2.42. The largest absolute Gasteiger partial charge is 0.378 e. The second-order valence-corrected chi connectivity index (χ2v) is 6.07. The van der Waals surface area contributed by atoms with Gasteiger partial charge in [-0.05, 0) is 65.3 Å². The highest BCUT2D eigenvalue weighted by Gasteiger charge is 2.07. The van der Waals surface area contributed by atoms with Crippen LogP contribution in [0.5, 0.6) is 0 Å². The van der Waals surface area contributed by atoms with E-state index >= 15 is 0 Å². The Labute approximate surface area is 129 Å². The van der Waals surface area contributed by atoms with Gasteiger partial charge in [0.2, 0.25) is 0 Å². The Balaban J connectivity index is 2.14. The maximum absolute atomic E-state index is 3.63. The van der Waals surface area contributed by atoms with Crippen molar-refractivity contribution in [2.75, 3.05) is 5.32 Å². The van der Waals surface area contributed by atoms with Gasteiger partial charge in [-0.1, -0.05) is 43.7 Å². The summed E-state index contributed by atoms with van der Waals surface area (Å²) in [4.78, 5) is 0. The summed E-state index contributed by atoms with van der Waals surface area (Å²) in [6.45, 7) is 4.43. The molecule has 0 aromatic heterocycles. The van der Waals surface area contributed by atoms with Crippen molar-refractivity contribution in [3.63, 3.8) is 0 Å². The molecule has 0 fully saturated rings. The fourth-order valence-electron chi connectivity index (χ4n) is 2.22. The third-order valence-corrected chi connectivity index (χ3v) is 4.00. The Bertz CT molecular complexity index is 519. The summed E-state index contributed by atoms with van der Waals surface area (Å²) < 4.78 is 1.28. The molecule has 0 saturated heterocycles. The standard InChI is InChI=1S/C17H20IN/c1-3-6-15-7-4-5-8-17(15)19-13(2)14-9-11-16(18)12-10-14/h4-5,7-13,19H,3,6H2,1-2H3. The second-order valence-electron chi connectivity index (χ2n) is 4.82. The Morgan fingerprint density at radius 1 is 1.05 bits per heavy atom. The van der Waals surface area contributed by atoms with E-state index in [9.17, 15) is 0 Å². The van der Waals surface area contributed by atoms with Crippen LogP contribution in [0.4, 0.5) is 5.69 Å². The minimum atomic E-state index is 0.329. The van der Waals surface area contributed by atoms with E-state index < -0.39 is 0 Å². The summed E-state index contributed by atoms with van der Waals surface area (Å²) in [5, 5.41) is 3.63. The van der Waals surface area contributed by atoms with Gasteiger partial charge in [-0.25, -0.2) is 0 Å². The van der Waals surface area contributed by atoms with Crippen molar-refractivity contribution in [1.29, 1.82) is 0 Å². The quantitative estimate of drug-likeness (QED) is 0.698. The fourth-order valence-corrected chi connectivity index (χ4v) is 2.58. The lowest BCUT2D eigenvalue weighted by Gasteiger charge is -2.18. The van der Waals surface area contributed by atoms with Crippen LogP contribution in [-0.4, -0.2) is 0 Å². The van der Waals surface area contributed by atoms with Crippen molar-refractivity contribution in [2.24, 2.45) is 0 Å². The predicted molar refractivity (Wildman–Crippen MR) is 91.6 cm³/mol. The van der Waals surface area contributed by atoms with E-state index in [0.29, 0.717) is 6.04 Å². The zero-order valence-corrected chi connectivity index (χ0v) is 13.6. The number of benzene rings is 2. The monoisotopic (exact) mass is 365 g/mol. The molecule has 2 aromatic carbocycles. The molecule has 2 rings (SSSR count). The first kappa shape index (κ1) is 14.4. The van der Waals surface area contributed by atoms with Gasteiger partial charge in [0, 0.05) is 15.3 Å². The lowest BCUT2D eigenvalue weighted by Crippen LogP contribution is -2.08. The lowest BCUT2D eigenvalue weighted by molar-refractivity contribution is 0.867. The molecule has 19 heavy (non-hydrogen) atoms. The smallest absolute Gasteiger partial charge is 0.0485 e. The zero-order valence-electron chi connectivity index (χ0n) is 11.5. The van der Waals surface area contributed by atoms with Gasteiger partial charge in [-0.15, -0.1) is 0 Å². The molecule has 2 aromatic rings. The van der Waals surface area contributed by atoms with Crippen LogP contribution in [-0.2, 0) is 6.42 Å². The normalized spacial score (nSPS) is 12.2. The molecule has 0 heterocycles. The Morgan fingerprint density at radius 2 is 1.74 bits per heavy atom. The van der Waals surface area contributed by atoms with Crippen LogP contribution in [0.25, 0.3) is 0 Å².